The quantitative estimate of drug-likeness (QED) is 0.595. The second-order valence-electron chi connectivity index (χ2n) is 6.34. The highest BCUT2D eigenvalue weighted by atomic mass is 14.8. The van der Waals surface area contributed by atoms with Crippen LogP contribution in [0.4, 0.5) is 0 Å². The van der Waals surface area contributed by atoms with Crippen molar-refractivity contribution in [2.75, 3.05) is 0 Å². The monoisotopic (exact) mass is 182 g/mol. The van der Waals surface area contributed by atoms with Gasteiger partial charge in [0.15, 0.2) is 0 Å². The molecule has 0 amide bonds. The maximum absolute atomic E-state index is 2.47. The van der Waals surface area contributed by atoms with E-state index < -0.39 is 0 Å². The first-order chi connectivity index (χ1) is 5.64. The third kappa shape index (κ3) is 0.877. The van der Waals surface area contributed by atoms with E-state index in [1.54, 1.807) is 0 Å². The van der Waals surface area contributed by atoms with Crippen molar-refractivity contribution in [3.8, 4) is 0 Å². The van der Waals surface area contributed by atoms with Gasteiger partial charge in [-0.25, -0.2) is 0 Å². The van der Waals surface area contributed by atoms with Gasteiger partial charge in [-0.1, -0.05) is 55.4 Å². The summed E-state index contributed by atoms with van der Waals surface area (Å²) in [6.07, 6.45) is 0. The van der Waals surface area contributed by atoms with E-state index in [-0.39, 0.29) is 0 Å². The molecular weight excluding hydrogens is 156 g/mol. The fraction of sp³-hybridized carbons (Fsp3) is 1.00. The molecule has 0 N–H and O–H groups in total. The fourth-order valence-electron chi connectivity index (χ4n) is 4.06. The molecule has 2 atom stereocenters. The van der Waals surface area contributed by atoms with Crippen molar-refractivity contribution >= 4 is 0 Å². The van der Waals surface area contributed by atoms with Crippen LogP contribution in [0.3, 0.4) is 0 Å². The van der Waals surface area contributed by atoms with Crippen molar-refractivity contribution in [1.29, 1.82) is 0 Å². The Balaban J connectivity index is 3.07. The summed E-state index contributed by atoms with van der Waals surface area (Å²) in [6.45, 7) is 19.3. The Morgan fingerprint density at radius 3 is 0.923 bits per heavy atom. The molecule has 1 fully saturated rings. The average molecular weight is 182 g/mol. The van der Waals surface area contributed by atoms with E-state index in [2.05, 4.69) is 55.4 Å². The maximum Gasteiger partial charge on any atom is -0.0184 e. The molecule has 0 spiro atoms. The van der Waals surface area contributed by atoms with Crippen LogP contribution in [0.5, 0.6) is 0 Å². The standard InChI is InChI=1S/C13H26/c1-9(2)12(7)11(5,6)13(12,8)10(3)4/h9-10H,1-8H3. The van der Waals surface area contributed by atoms with Gasteiger partial charge in [0.25, 0.3) is 0 Å². The van der Waals surface area contributed by atoms with Gasteiger partial charge in [0.1, 0.15) is 0 Å². The largest absolute Gasteiger partial charge is 0.0622 e. The van der Waals surface area contributed by atoms with Crippen LogP contribution in [-0.2, 0) is 0 Å². The van der Waals surface area contributed by atoms with Crippen molar-refractivity contribution in [2.45, 2.75) is 55.4 Å². The van der Waals surface area contributed by atoms with E-state index in [4.69, 9.17) is 0 Å². The van der Waals surface area contributed by atoms with Crippen LogP contribution in [-0.4, -0.2) is 0 Å². The number of hydrogen-bond acceptors (Lipinski definition) is 0. The normalized spacial score (nSPS) is 42.9. The Morgan fingerprint density at radius 1 is 0.615 bits per heavy atom. The van der Waals surface area contributed by atoms with Crippen LogP contribution < -0.4 is 0 Å². The Labute approximate surface area is 84.1 Å². The first-order valence-corrected chi connectivity index (χ1v) is 5.64. The molecule has 0 bridgehead atoms. The van der Waals surface area contributed by atoms with E-state index in [0.717, 1.165) is 11.8 Å². The molecule has 1 aliphatic rings. The van der Waals surface area contributed by atoms with Crippen LogP contribution in [0, 0.1) is 28.1 Å². The van der Waals surface area contributed by atoms with Gasteiger partial charge in [-0.2, -0.15) is 0 Å². The Morgan fingerprint density at radius 2 is 0.846 bits per heavy atom. The first kappa shape index (κ1) is 11.1. The minimum absolute atomic E-state index is 0.502. The average Bonchev–Trinajstić information content (AvgIpc) is 2.32. The van der Waals surface area contributed by atoms with Crippen LogP contribution in [0.1, 0.15) is 55.4 Å². The molecule has 0 heteroatoms. The summed E-state index contributed by atoms with van der Waals surface area (Å²) in [4.78, 5) is 0. The van der Waals surface area contributed by atoms with Gasteiger partial charge >= 0.3 is 0 Å². The van der Waals surface area contributed by atoms with E-state index >= 15 is 0 Å². The molecule has 0 saturated heterocycles. The van der Waals surface area contributed by atoms with Crippen molar-refractivity contribution < 1.29 is 0 Å². The zero-order valence-electron chi connectivity index (χ0n) is 10.7. The summed E-state index contributed by atoms with van der Waals surface area (Å²) < 4.78 is 0. The lowest BCUT2D eigenvalue weighted by molar-refractivity contribution is 0.235. The van der Waals surface area contributed by atoms with Gasteiger partial charge < -0.3 is 0 Å². The number of rotatable bonds is 2. The van der Waals surface area contributed by atoms with Crippen LogP contribution in [0.2, 0.25) is 0 Å². The van der Waals surface area contributed by atoms with Gasteiger partial charge in [0, 0.05) is 0 Å². The summed E-state index contributed by atoms with van der Waals surface area (Å²) in [5.74, 6) is 1.57. The predicted molar refractivity (Wildman–Crippen MR) is 59.7 cm³/mol. The zero-order chi connectivity index (χ0) is 10.7. The molecule has 1 saturated carbocycles. The van der Waals surface area contributed by atoms with Crippen molar-refractivity contribution in [3.63, 3.8) is 0 Å². The summed E-state index contributed by atoms with van der Waals surface area (Å²) in [5.41, 5.74) is 1.55. The van der Waals surface area contributed by atoms with Gasteiger partial charge in [-0.05, 0) is 28.1 Å². The molecule has 0 aliphatic heterocycles. The second kappa shape index (κ2) is 2.52. The molecule has 0 radical (unpaired) electrons. The minimum Gasteiger partial charge on any atom is -0.0622 e. The lowest BCUT2D eigenvalue weighted by Crippen LogP contribution is -2.18. The molecule has 13 heavy (non-hydrogen) atoms. The molecule has 0 aromatic heterocycles. The van der Waals surface area contributed by atoms with Gasteiger partial charge in [0.2, 0.25) is 0 Å². The minimum atomic E-state index is 0.502. The highest BCUT2D eigenvalue weighted by molar-refractivity contribution is 5.25. The summed E-state index contributed by atoms with van der Waals surface area (Å²) in [6, 6.07) is 0. The van der Waals surface area contributed by atoms with Crippen LogP contribution in [0.25, 0.3) is 0 Å². The fourth-order valence-corrected chi connectivity index (χ4v) is 4.06. The molecule has 0 aromatic rings. The third-order valence-electron chi connectivity index (χ3n) is 5.92. The molecule has 1 aliphatic carbocycles. The molecule has 1 rings (SSSR count). The van der Waals surface area contributed by atoms with Crippen molar-refractivity contribution in [3.05, 3.63) is 0 Å². The van der Waals surface area contributed by atoms with Crippen LogP contribution >= 0.6 is 0 Å². The highest BCUT2D eigenvalue weighted by Crippen LogP contribution is 2.83. The second-order valence-corrected chi connectivity index (χ2v) is 6.34. The van der Waals surface area contributed by atoms with Gasteiger partial charge in [-0.3, -0.25) is 0 Å². The summed E-state index contributed by atoms with van der Waals surface area (Å²) in [5, 5.41) is 0. The van der Waals surface area contributed by atoms with Crippen molar-refractivity contribution in [1.82, 2.24) is 0 Å². The molecular formula is C13H26. The summed E-state index contributed by atoms with van der Waals surface area (Å²) in [7, 11) is 0. The van der Waals surface area contributed by atoms with Crippen molar-refractivity contribution in [2.24, 2.45) is 28.1 Å². The smallest absolute Gasteiger partial charge is 0.0184 e. The molecule has 2 unspecified atom stereocenters. The highest BCUT2D eigenvalue weighted by Gasteiger charge is 2.77. The molecule has 0 nitrogen and oxygen atoms in total. The van der Waals surface area contributed by atoms with E-state index in [1.165, 1.54) is 0 Å². The molecule has 78 valence electrons. The number of hydrogen-bond donors (Lipinski definition) is 0. The van der Waals surface area contributed by atoms with Crippen LogP contribution in [0.15, 0.2) is 0 Å². The molecule has 0 aromatic carbocycles. The predicted octanol–water partition coefficient (Wildman–Crippen LogP) is 4.35. The third-order valence-corrected chi connectivity index (χ3v) is 5.92. The molecule has 0 heterocycles. The van der Waals surface area contributed by atoms with Gasteiger partial charge in [0.05, 0.1) is 0 Å². The Hall–Kier alpha value is 0. The van der Waals surface area contributed by atoms with E-state index in [1.807, 2.05) is 0 Å². The lowest BCUT2D eigenvalue weighted by atomic mass is 9.80. The van der Waals surface area contributed by atoms with Gasteiger partial charge in [-0.15, -0.1) is 0 Å². The lowest BCUT2D eigenvalue weighted by Gasteiger charge is -2.25. The maximum atomic E-state index is 2.47. The summed E-state index contributed by atoms with van der Waals surface area (Å²) >= 11 is 0. The topological polar surface area (TPSA) is 0 Å². The first-order valence-electron chi connectivity index (χ1n) is 5.64. The van der Waals surface area contributed by atoms with E-state index in [0.29, 0.717) is 16.2 Å². The van der Waals surface area contributed by atoms with E-state index in [9.17, 15) is 0 Å². The Bertz CT molecular complexity index is 190. The zero-order valence-corrected chi connectivity index (χ0v) is 10.7. The SMILES string of the molecule is CC(C)C1(C)C(C)(C)C1(C)C(C)C. The Kier molecular flexibility index (Phi) is 2.15.